The molecule has 0 atom stereocenters. The normalized spacial score (nSPS) is 9.33. The van der Waals surface area contributed by atoms with Gasteiger partial charge in [-0.25, -0.2) is 0 Å². The molecule has 0 saturated heterocycles. The quantitative estimate of drug-likeness (QED) is 0.539. The van der Waals surface area contributed by atoms with E-state index >= 15 is 0 Å². The molecule has 0 aromatic heterocycles. The Hall–Kier alpha value is 0.611. The monoisotopic (exact) mass is 368 g/mol. The van der Waals surface area contributed by atoms with Crippen molar-refractivity contribution in [2.24, 2.45) is 0 Å². The van der Waals surface area contributed by atoms with Crippen LogP contribution in [0.5, 0.6) is 0 Å². The van der Waals surface area contributed by atoms with Crippen molar-refractivity contribution < 1.29 is 67.5 Å². The molecule has 0 aliphatic carbocycles. The molecular formula is C5H5Ag2F3O2. The van der Waals surface area contributed by atoms with Crippen molar-refractivity contribution in [3.63, 3.8) is 0 Å². The Bertz CT molecular complexity index is 167. The molecular weight excluding hydrogens is 365 g/mol. The number of hydrogen-bond acceptors (Lipinski definition) is 2. The van der Waals surface area contributed by atoms with Crippen LogP contribution in [0.3, 0.4) is 0 Å². The fraction of sp³-hybridized carbons (Fsp3) is 0.600. The molecule has 80 valence electrons. The Morgan fingerprint density at radius 1 is 1.17 bits per heavy atom. The van der Waals surface area contributed by atoms with Crippen molar-refractivity contribution in [1.29, 1.82) is 0 Å². The van der Waals surface area contributed by atoms with E-state index in [1.807, 2.05) is 0 Å². The molecule has 0 aromatic carbocycles. The number of alkyl halides is 3. The van der Waals surface area contributed by atoms with Crippen LogP contribution in [0.15, 0.2) is 0 Å². The summed E-state index contributed by atoms with van der Waals surface area (Å²) in [5.41, 5.74) is 0. The van der Waals surface area contributed by atoms with Crippen LogP contribution in [0, 0.1) is 0 Å². The molecule has 0 aliphatic heterocycles. The number of Topliss-reactive ketones (excluding diaryl/α,β-unsaturated/α-hetero) is 2. The maximum absolute atomic E-state index is 11.3. The molecule has 0 spiro atoms. The van der Waals surface area contributed by atoms with Crippen LogP contribution in [0.2, 0.25) is 0 Å². The topological polar surface area (TPSA) is 34.1 Å². The van der Waals surface area contributed by atoms with E-state index in [1.165, 1.54) is 0 Å². The van der Waals surface area contributed by atoms with Gasteiger partial charge in [0.1, 0.15) is 5.78 Å². The third-order valence-electron chi connectivity index (χ3n) is 0.726. The average molecular weight is 370 g/mol. The second kappa shape index (κ2) is 7.06. The third kappa shape index (κ3) is 8.70. The van der Waals surface area contributed by atoms with E-state index in [0.717, 1.165) is 6.92 Å². The number of carbonyl (C=O) groups excluding carboxylic acids is 2. The first kappa shape index (κ1) is 18.4. The molecule has 0 fully saturated rings. The Kier molecular flexibility index (Phi) is 10.8. The molecule has 0 amide bonds. The van der Waals surface area contributed by atoms with E-state index in [0.29, 0.717) is 0 Å². The van der Waals surface area contributed by atoms with Gasteiger partial charge in [-0.2, -0.15) is 13.2 Å². The van der Waals surface area contributed by atoms with Crippen LogP contribution < -0.4 is 0 Å². The van der Waals surface area contributed by atoms with Crippen LogP contribution in [0.1, 0.15) is 13.3 Å². The average Bonchev–Trinajstić information content (AvgIpc) is 1.60. The summed E-state index contributed by atoms with van der Waals surface area (Å²) >= 11 is 0. The van der Waals surface area contributed by atoms with Gasteiger partial charge in [-0.15, -0.1) is 0 Å². The summed E-state index contributed by atoms with van der Waals surface area (Å²) in [6.45, 7) is 0.934. The number of rotatable bonds is 2. The zero-order chi connectivity index (χ0) is 8.36. The SMILES string of the molecule is CC(=O)CC(=O)C(F)(F)F.[Ag].[Ag]. The van der Waals surface area contributed by atoms with Gasteiger partial charge in [0.25, 0.3) is 0 Å². The van der Waals surface area contributed by atoms with Crippen LogP contribution >= 0.6 is 0 Å². The van der Waals surface area contributed by atoms with Crippen molar-refractivity contribution in [2.75, 3.05) is 0 Å². The molecule has 2 radical (unpaired) electrons. The molecule has 0 unspecified atom stereocenters. The largest absolute Gasteiger partial charge is 0.450 e. The van der Waals surface area contributed by atoms with E-state index < -0.39 is 24.2 Å². The minimum Gasteiger partial charge on any atom is -0.300 e. The van der Waals surface area contributed by atoms with Gasteiger partial charge in [0, 0.05) is 44.8 Å². The summed E-state index contributed by atoms with van der Waals surface area (Å²) in [5.74, 6) is -2.76. The van der Waals surface area contributed by atoms with Crippen molar-refractivity contribution in [3.8, 4) is 0 Å². The first-order valence-electron chi connectivity index (χ1n) is 2.43. The van der Waals surface area contributed by atoms with Crippen molar-refractivity contribution in [1.82, 2.24) is 0 Å². The zero-order valence-electron chi connectivity index (χ0n) is 5.76. The van der Waals surface area contributed by atoms with Crippen LogP contribution in [-0.4, -0.2) is 17.7 Å². The van der Waals surface area contributed by atoms with E-state index in [9.17, 15) is 22.8 Å². The van der Waals surface area contributed by atoms with Crippen molar-refractivity contribution in [2.45, 2.75) is 19.5 Å². The predicted molar refractivity (Wildman–Crippen MR) is 26.4 cm³/mol. The number of ketones is 2. The van der Waals surface area contributed by atoms with Gasteiger partial charge < -0.3 is 0 Å². The Labute approximate surface area is 98.3 Å². The van der Waals surface area contributed by atoms with Crippen LogP contribution in [0.4, 0.5) is 13.2 Å². The Morgan fingerprint density at radius 3 is 1.58 bits per heavy atom. The minimum absolute atomic E-state index is 0. The third-order valence-corrected chi connectivity index (χ3v) is 0.726. The van der Waals surface area contributed by atoms with E-state index in [2.05, 4.69) is 0 Å². The van der Waals surface area contributed by atoms with Gasteiger partial charge in [0.2, 0.25) is 5.78 Å². The number of halogens is 3. The van der Waals surface area contributed by atoms with Gasteiger partial charge in [0.05, 0.1) is 6.42 Å². The zero-order valence-corrected chi connectivity index (χ0v) is 8.73. The molecule has 0 bridgehead atoms. The Morgan fingerprint density at radius 2 is 1.50 bits per heavy atom. The second-order valence-electron chi connectivity index (χ2n) is 1.80. The first-order valence-corrected chi connectivity index (χ1v) is 2.43. The summed E-state index contributed by atoms with van der Waals surface area (Å²) in [6, 6.07) is 0. The summed E-state index contributed by atoms with van der Waals surface area (Å²) in [4.78, 5) is 19.9. The van der Waals surface area contributed by atoms with Crippen molar-refractivity contribution >= 4 is 11.6 Å². The summed E-state index contributed by atoms with van der Waals surface area (Å²) in [6.07, 6.45) is -5.92. The van der Waals surface area contributed by atoms with Crippen molar-refractivity contribution in [3.05, 3.63) is 0 Å². The smallest absolute Gasteiger partial charge is 0.300 e. The molecule has 0 heterocycles. The van der Waals surface area contributed by atoms with E-state index in [-0.39, 0.29) is 44.8 Å². The van der Waals surface area contributed by atoms with Crippen LogP contribution in [0.25, 0.3) is 0 Å². The Balaban J connectivity index is -0.000000405. The summed E-state index contributed by atoms with van der Waals surface area (Å²) in [5, 5.41) is 0. The molecule has 0 aliphatic rings. The second-order valence-corrected chi connectivity index (χ2v) is 1.80. The minimum atomic E-state index is -4.87. The van der Waals surface area contributed by atoms with Crippen LogP contribution in [-0.2, 0) is 54.3 Å². The fourth-order valence-corrected chi connectivity index (χ4v) is 0.326. The van der Waals surface area contributed by atoms with E-state index in [1.54, 1.807) is 0 Å². The van der Waals surface area contributed by atoms with Gasteiger partial charge in [-0.1, -0.05) is 0 Å². The number of hydrogen-bond donors (Lipinski definition) is 0. The predicted octanol–water partition coefficient (Wildman–Crippen LogP) is 1.09. The standard InChI is InChI=1S/C5H5F3O2.2Ag/c1-3(9)2-4(10)5(6,7)8;;/h2H2,1H3;;. The maximum Gasteiger partial charge on any atom is 0.450 e. The molecule has 2 nitrogen and oxygen atoms in total. The molecule has 7 heteroatoms. The van der Waals surface area contributed by atoms with Gasteiger partial charge in [0.15, 0.2) is 0 Å². The maximum atomic E-state index is 11.3. The van der Waals surface area contributed by atoms with Gasteiger partial charge in [-0.3, -0.25) is 9.59 Å². The molecule has 12 heavy (non-hydrogen) atoms. The molecule has 0 N–H and O–H groups in total. The van der Waals surface area contributed by atoms with Gasteiger partial charge in [-0.05, 0) is 6.92 Å². The van der Waals surface area contributed by atoms with Gasteiger partial charge >= 0.3 is 6.18 Å². The molecule has 0 rings (SSSR count). The number of carbonyl (C=O) groups is 2. The summed E-state index contributed by atoms with van der Waals surface area (Å²) < 4.78 is 33.9. The molecule has 0 saturated carbocycles. The molecule has 0 aromatic rings. The van der Waals surface area contributed by atoms with E-state index in [4.69, 9.17) is 0 Å². The summed E-state index contributed by atoms with van der Waals surface area (Å²) in [7, 11) is 0. The first-order chi connectivity index (χ1) is 4.34. The fourth-order valence-electron chi connectivity index (χ4n) is 0.326.